The molecule has 0 unspecified atom stereocenters. The summed E-state index contributed by atoms with van der Waals surface area (Å²) in [5, 5.41) is 55.3. The lowest BCUT2D eigenvalue weighted by atomic mass is 10.4. The van der Waals surface area contributed by atoms with Crippen LogP contribution in [0.2, 0.25) is 0 Å². The molecule has 0 bridgehead atoms. The van der Waals surface area contributed by atoms with Crippen molar-refractivity contribution < 1.29 is 69.0 Å². The van der Waals surface area contributed by atoms with E-state index in [2.05, 4.69) is 34.3 Å². The Morgan fingerprint density at radius 3 is 1.02 bits per heavy atom. The molecule has 0 rings (SSSR count). The molecule has 0 aliphatic carbocycles. The summed E-state index contributed by atoms with van der Waals surface area (Å²) >= 11 is 0. The Balaban J connectivity index is -0.0000000664. The predicted octanol–water partition coefficient (Wildman–Crippen LogP) is 0.980. The van der Waals surface area contributed by atoms with Gasteiger partial charge in [0.1, 0.15) is 0 Å². The molecule has 0 aromatic carbocycles. The second kappa shape index (κ2) is 61.9. The van der Waals surface area contributed by atoms with Crippen LogP contribution in [0.5, 0.6) is 0 Å². The molecule has 0 aromatic rings. The first-order valence-electron chi connectivity index (χ1n) is 12.8. The Labute approximate surface area is 246 Å². The third-order valence-electron chi connectivity index (χ3n) is 2.93. The van der Waals surface area contributed by atoms with Crippen LogP contribution in [-0.2, 0) is 33.3 Å². The van der Waals surface area contributed by atoms with Gasteiger partial charge < -0.3 is 59.4 Å². The van der Waals surface area contributed by atoms with Crippen molar-refractivity contribution in [3.8, 4) is 0 Å². The quantitative estimate of drug-likeness (QED) is 0.0959. The van der Waals surface area contributed by atoms with Crippen LogP contribution >= 0.6 is 0 Å². The predicted molar refractivity (Wildman–Crippen MR) is 158 cm³/mol. The maximum atomic E-state index is 9.60. The third kappa shape index (κ3) is 123. The molecule has 0 aromatic heterocycles. The summed E-state index contributed by atoms with van der Waals surface area (Å²) in [6.07, 6.45) is 2.26. The van der Waals surface area contributed by atoms with Gasteiger partial charge in [0.05, 0.1) is 66.1 Å². The van der Waals surface area contributed by atoms with Crippen LogP contribution in [0.4, 0.5) is 0 Å². The zero-order valence-corrected chi connectivity index (χ0v) is 26.3. The molecule has 0 heterocycles. The first-order valence-corrected chi connectivity index (χ1v) is 12.8. The standard InChI is InChI=1S/C6H14O2.C4H10O2.2C4H6O2.C4H10O2.C3H8O2.C2H6O2/c1-2-3-5-8-6-4-7;1-5-3-4-6-2;2*1-3(2)4(5)6;1-2-6-4-3-5;1-5-3-2-4;3-1-2-4/h7H,2-6H2,1H3;3-4H2,1-2H3;2*1H2,2H3,(H,5,6);5H,2-4H2,1H3;4H,2-3H2,1H3;3-4H,1-2H2. The molecule has 0 atom stereocenters. The van der Waals surface area contributed by atoms with E-state index >= 15 is 0 Å². The normalized spacial score (nSPS) is 8.49. The second-order valence-electron chi connectivity index (χ2n) is 6.93. The van der Waals surface area contributed by atoms with Crippen molar-refractivity contribution in [2.45, 2.75) is 40.5 Å². The fourth-order valence-electron chi connectivity index (χ4n) is 0.880. The lowest BCUT2D eigenvalue weighted by molar-refractivity contribution is -0.133. The molecule has 41 heavy (non-hydrogen) atoms. The molecule has 14 heteroatoms. The topological polar surface area (TPSA) is 222 Å². The molecule has 0 saturated heterocycles. The number of methoxy groups -OCH3 is 3. The molecule has 0 amide bonds. The number of carbonyl (C=O) groups is 2. The van der Waals surface area contributed by atoms with Crippen molar-refractivity contribution in [3.63, 3.8) is 0 Å². The van der Waals surface area contributed by atoms with Gasteiger partial charge in [0.15, 0.2) is 0 Å². The van der Waals surface area contributed by atoms with Gasteiger partial charge in [0.25, 0.3) is 0 Å². The van der Waals surface area contributed by atoms with Gasteiger partial charge in [-0.3, -0.25) is 0 Å². The molecular formula is C27H60O14. The van der Waals surface area contributed by atoms with Gasteiger partial charge in [0, 0.05) is 45.7 Å². The van der Waals surface area contributed by atoms with E-state index in [0.29, 0.717) is 39.6 Å². The number of aliphatic hydroxyl groups excluding tert-OH is 5. The van der Waals surface area contributed by atoms with Crippen LogP contribution < -0.4 is 0 Å². The van der Waals surface area contributed by atoms with E-state index in [9.17, 15) is 9.59 Å². The summed E-state index contributed by atoms with van der Waals surface area (Å²) in [6.45, 7) is 17.6. The summed E-state index contributed by atoms with van der Waals surface area (Å²) < 4.78 is 23.5. The molecule has 0 aliphatic rings. The van der Waals surface area contributed by atoms with Gasteiger partial charge in [-0.15, -0.1) is 0 Å². The minimum absolute atomic E-state index is 0.122. The highest BCUT2D eigenvalue weighted by molar-refractivity contribution is 5.85. The number of carboxylic acid groups (broad SMARTS) is 2. The summed E-state index contributed by atoms with van der Waals surface area (Å²) in [5.74, 6) is -1.87. The first kappa shape index (κ1) is 55.0. The van der Waals surface area contributed by atoms with Gasteiger partial charge in [-0.2, -0.15) is 0 Å². The van der Waals surface area contributed by atoms with Crippen molar-refractivity contribution >= 4 is 11.9 Å². The minimum atomic E-state index is -0.935. The molecule has 0 spiro atoms. The molecule has 0 aliphatic heterocycles. The van der Waals surface area contributed by atoms with Crippen molar-refractivity contribution in [1.29, 1.82) is 0 Å². The average Bonchev–Trinajstić information content (AvgIpc) is 2.95. The number of rotatable bonds is 16. The van der Waals surface area contributed by atoms with Gasteiger partial charge >= 0.3 is 11.9 Å². The van der Waals surface area contributed by atoms with Crippen molar-refractivity contribution in [2.24, 2.45) is 0 Å². The number of aliphatic carboxylic acids is 2. The highest BCUT2D eigenvalue weighted by Gasteiger charge is 1.90. The van der Waals surface area contributed by atoms with Gasteiger partial charge in [0.2, 0.25) is 0 Å². The van der Waals surface area contributed by atoms with Crippen LogP contribution in [0.1, 0.15) is 40.5 Å². The fourth-order valence-corrected chi connectivity index (χ4v) is 0.880. The van der Waals surface area contributed by atoms with Crippen molar-refractivity contribution in [3.05, 3.63) is 24.3 Å². The molecule has 0 radical (unpaired) electrons. The number of carboxylic acids is 2. The van der Waals surface area contributed by atoms with E-state index in [-0.39, 0.29) is 44.2 Å². The molecule has 14 nitrogen and oxygen atoms in total. The molecular weight excluding hydrogens is 548 g/mol. The van der Waals surface area contributed by atoms with Crippen molar-refractivity contribution in [1.82, 2.24) is 0 Å². The molecule has 7 N–H and O–H groups in total. The Morgan fingerprint density at radius 2 is 0.878 bits per heavy atom. The van der Waals surface area contributed by atoms with E-state index in [1.54, 1.807) is 21.3 Å². The van der Waals surface area contributed by atoms with Crippen LogP contribution in [0, 0.1) is 0 Å². The van der Waals surface area contributed by atoms with Crippen LogP contribution in [0.15, 0.2) is 24.3 Å². The van der Waals surface area contributed by atoms with Crippen molar-refractivity contribution in [2.75, 3.05) is 101 Å². The van der Waals surface area contributed by atoms with E-state index in [4.69, 9.17) is 45.2 Å². The van der Waals surface area contributed by atoms with Gasteiger partial charge in [-0.05, 0) is 27.2 Å². The summed E-state index contributed by atoms with van der Waals surface area (Å²) in [7, 11) is 4.86. The lowest BCUT2D eigenvalue weighted by Gasteiger charge is -1.97. The Kier molecular flexibility index (Phi) is 83.0. The van der Waals surface area contributed by atoms with E-state index in [1.807, 2.05) is 6.92 Å². The number of hydrogen-bond acceptors (Lipinski definition) is 12. The monoisotopic (exact) mass is 608 g/mol. The maximum absolute atomic E-state index is 9.60. The third-order valence-corrected chi connectivity index (χ3v) is 2.93. The van der Waals surface area contributed by atoms with Gasteiger partial charge in [-0.1, -0.05) is 26.5 Å². The largest absolute Gasteiger partial charge is 0.478 e. The fraction of sp³-hybridized carbons (Fsp3) is 0.778. The summed E-state index contributed by atoms with van der Waals surface area (Å²) in [5.41, 5.74) is 0.352. The number of hydrogen-bond donors (Lipinski definition) is 7. The second-order valence-corrected chi connectivity index (χ2v) is 6.93. The zero-order valence-electron chi connectivity index (χ0n) is 26.3. The summed E-state index contributed by atoms with van der Waals surface area (Å²) in [6, 6.07) is 0. The van der Waals surface area contributed by atoms with E-state index in [1.165, 1.54) is 13.8 Å². The number of ether oxygens (including phenoxy) is 5. The Hall–Kier alpha value is -1.98. The van der Waals surface area contributed by atoms with E-state index in [0.717, 1.165) is 19.4 Å². The number of unbranched alkanes of at least 4 members (excludes halogenated alkanes) is 1. The Morgan fingerprint density at radius 1 is 0.561 bits per heavy atom. The van der Waals surface area contributed by atoms with Crippen LogP contribution in [-0.4, -0.2) is 148 Å². The lowest BCUT2D eigenvalue weighted by Crippen LogP contribution is -1.99. The highest BCUT2D eigenvalue weighted by atomic mass is 16.5. The zero-order chi connectivity index (χ0) is 33.7. The van der Waals surface area contributed by atoms with E-state index < -0.39 is 11.9 Å². The average molecular weight is 609 g/mol. The highest BCUT2D eigenvalue weighted by Crippen LogP contribution is 1.86. The maximum Gasteiger partial charge on any atom is 0.330 e. The SMILES string of the molecule is C=C(C)C(=O)O.C=C(C)C(=O)O.CCCCOCCO.CCOCCO.COCCO.COCCOC.OCCO. The smallest absolute Gasteiger partial charge is 0.330 e. The minimum Gasteiger partial charge on any atom is -0.478 e. The summed E-state index contributed by atoms with van der Waals surface area (Å²) in [4.78, 5) is 19.2. The van der Waals surface area contributed by atoms with Gasteiger partial charge in [-0.25, -0.2) is 9.59 Å². The number of aliphatic hydroxyl groups is 5. The molecule has 0 fully saturated rings. The Bertz CT molecular complexity index is 415. The first-order chi connectivity index (χ1) is 19.4. The van der Waals surface area contributed by atoms with Crippen LogP contribution in [0.3, 0.4) is 0 Å². The van der Waals surface area contributed by atoms with Crippen LogP contribution in [0.25, 0.3) is 0 Å². The molecule has 0 saturated carbocycles. The molecule has 252 valence electrons.